The summed E-state index contributed by atoms with van der Waals surface area (Å²) in [6.07, 6.45) is 7.90. The van der Waals surface area contributed by atoms with Gasteiger partial charge in [0.2, 0.25) is 5.91 Å². The van der Waals surface area contributed by atoms with E-state index >= 15 is 0 Å². The molecule has 0 atom stereocenters. The van der Waals surface area contributed by atoms with Crippen molar-refractivity contribution in [1.82, 2.24) is 10.2 Å². The van der Waals surface area contributed by atoms with Gasteiger partial charge in [0.15, 0.2) is 0 Å². The first-order valence-corrected chi connectivity index (χ1v) is 12.4. The number of nitriles is 1. The van der Waals surface area contributed by atoms with Gasteiger partial charge in [0.05, 0.1) is 11.6 Å². The summed E-state index contributed by atoms with van der Waals surface area (Å²) in [7, 11) is 0. The molecule has 0 radical (unpaired) electrons. The highest BCUT2D eigenvalue weighted by atomic mass is 19.1. The van der Waals surface area contributed by atoms with Gasteiger partial charge in [-0.1, -0.05) is 19.9 Å². The minimum Gasteiger partial charge on any atom is -0.350 e. The minimum atomic E-state index is -0.679. The summed E-state index contributed by atoms with van der Waals surface area (Å²) < 4.78 is 26.7. The Morgan fingerprint density at radius 2 is 1.94 bits per heavy atom. The topological polar surface area (TPSA) is 56.1 Å². The number of hydrogen-bond donors (Lipinski definition) is 1. The average molecular weight is 478 g/mol. The van der Waals surface area contributed by atoms with Crippen molar-refractivity contribution < 1.29 is 13.6 Å². The van der Waals surface area contributed by atoms with E-state index in [2.05, 4.69) is 36.2 Å². The van der Waals surface area contributed by atoms with Gasteiger partial charge in [0.1, 0.15) is 11.6 Å². The zero-order valence-corrected chi connectivity index (χ0v) is 20.5. The van der Waals surface area contributed by atoms with E-state index in [1.165, 1.54) is 35.4 Å². The van der Waals surface area contributed by atoms with Crippen LogP contribution >= 0.6 is 0 Å². The van der Waals surface area contributed by atoms with Crippen LogP contribution in [0.2, 0.25) is 0 Å². The van der Waals surface area contributed by atoms with Gasteiger partial charge >= 0.3 is 0 Å². The van der Waals surface area contributed by atoms with E-state index in [0.717, 1.165) is 63.4 Å². The van der Waals surface area contributed by atoms with Crippen molar-refractivity contribution in [2.45, 2.75) is 64.0 Å². The van der Waals surface area contributed by atoms with Crippen molar-refractivity contribution in [1.29, 1.82) is 5.26 Å². The summed E-state index contributed by atoms with van der Waals surface area (Å²) >= 11 is 0. The van der Waals surface area contributed by atoms with Crippen LogP contribution in [-0.4, -0.2) is 29.9 Å². The summed E-state index contributed by atoms with van der Waals surface area (Å²) in [6, 6.07) is 11.8. The van der Waals surface area contributed by atoms with Gasteiger partial charge in [0.25, 0.3) is 0 Å². The van der Waals surface area contributed by atoms with E-state index in [1.807, 2.05) is 12.1 Å². The Kier molecular flexibility index (Phi) is 7.66. The molecule has 1 aliphatic heterocycles. The van der Waals surface area contributed by atoms with Gasteiger partial charge in [-0.05, 0) is 86.0 Å². The van der Waals surface area contributed by atoms with Gasteiger partial charge < -0.3 is 5.32 Å². The van der Waals surface area contributed by atoms with Crippen LogP contribution in [0, 0.1) is 28.9 Å². The Balaban J connectivity index is 1.22. The molecule has 0 spiro atoms. The van der Waals surface area contributed by atoms with Gasteiger partial charge in [-0.15, -0.1) is 0 Å². The molecule has 0 unspecified atom stereocenters. The van der Waals surface area contributed by atoms with E-state index in [9.17, 15) is 18.8 Å². The van der Waals surface area contributed by atoms with Gasteiger partial charge in [-0.2, -0.15) is 5.26 Å². The summed E-state index contributed by atoms with van der Waals surface area (Å²) in [5.74, 6) is -0.908. The van der Waals surface area contributed by atoms with E-state index in [4.69, 9.17) is 0 Å². The summed E-state index contributed by atoms with van der Waals surface area (Å²) in [4.78, 5) is 14.8. The quantitative estimate of drug-likeness (QED) is 0.543. The van der Waals surface area contributed by atoms with Crippen LogP contribution < -0.4 is 5.32 Å². The fourth-order valence-electron chi connectivity index (χ4n) is 5.53. The number of rotatable bonds is 6. The molecule has 0 saturated heterocycles. The number of nitrogens with zero attached hydrogens (tertiary/aromatic N) is 2. The lowest BCUT2D eigenvalue weighted by Crippen LogP contribution is -2.43. The lowest BCUT2D eigenvalue weighted by molar-refractivity contribution is -0.117. The zero-order valence-electron chi connectivity index (χ0n) is 20.5. The molecule has 6 heteroatoms. The van der Waals surface area contributed by atoms with Crippen molar-refractivity contribution in [3.63, 3.8) is 0 Å². The number of carbonyl (C=O) groups excluding carboxylic acids is 1. The molecule has 0 bridgehead atoms. The number of hydrogen-bond acceptors (Lipinski definition) is 3. The molecular formula is C29H33F2N3O. The number of fused-ring (bicyclic) bond motifs is 1. The molecule has 1 saturated carbocycles. The van der Waals surface area contributed by atoms with Crippen molar-refractivity contribution in [3.05, 3.63) is 76.4 Å². The van der Waals surface area contributed by atoms with Crippen LogP contribution in [-0.2, 0) is 16.8 Å². The molecule has 4 rings (SSSR count). The van der Waals surface area contributed by atoms with Crippen LogP contribution in [0.3, 0.4) is 0 Å². The second kappa shape index (κ2) is 10.7. The van der Waals surface area contributed by atoms with Crippen LogP contribution in [0.25, 0.3) is 6.08 Å². The largest absolute Gasteiger partial charge is 0.350 e. The molecule has 0 aromatic heterocycles. The zero-order chi connectivity index (χ0) is 25.0. The van der Waals surface area contributed by atoms with Gasteiger partial charge in [0, 0.05) is 42.3 Å². The standard InChI is InChI=1S/C29H33F2N3O/c1-29(2)19-34(18-23-6-3-21(17-32)15-26(23)29)14-13-20-4-10-25(11-5-20)33-28(35)12-8-22-7-9-24(30)16-27(22)31/h3,6-9,12,15-16,20,25H,4-5,10-11,13-14,18-19H2,1-2H3,(H,33,35)/b12-8+. The number of amides is 1. The van der Waals surface area contributed by atoms with Gasteiger partial charge in [-0.3, -0.25) is 9.69 Å². The molecule has 2 aromatic rings. The normalized spacial score (nSPS) is 21.9. The Bertz CT molecular complexity index is 1140. The third-order valence-corrected chi connectivity index (χ3v) is 7.40. The fraction of sp³-hybridized carbons (Fsp3) is 0.448. The highest BCUT2D eigenvalue weighted by Gasteiger charge is 2.32. The second-order valence-electron chi connectivity index (χ2n) is 10.6. The Labute approximate surface area is 206 Å². The van der Waals surface area contributed by atoms with Crippen molar-refractivity contribution in [3.8, 4) is 6.07 Å². The molecule has 1 N–H and O–H groups in total. The molecule has 1 aliphatic carbocycles. The summed E-state index contributed by atoms with van der Waals surface area (Å²) in [6.45, 7) is 7.48. The van der Waals surface area contributed by atoms with Gasteiger partial charge in [-0.25, -0.2) is 8.78 Å². The number of nitrogens with one attached hydrogen (secondary N) is 1. The van der Waals surface area contributed by atoms with E-state index < -0.39 is 11.6 Å². The molecular weight excluding hydrogens is 444 g/mol. The third kappa shape index (κ3) is 6.35. The SMILES string of the molecule is CC1(C)CN(CCC2CCC(NC(=O)/C=C/c3ccc(F)cc3F)CC2)Cc2ccc(C#N)cc21. The average Bonchev–Trinajstić information content (AvgIpc) is 2.82. The molecule has 4 nitrogen and oxygen atoms in total. The van der Waals surface area contributed by atoms with Crippen LogP contribution in [0.15, 0.2) is 42.5 Å². The van der Waals surface area contributed by atoms with E-state index in [0.29, 0.717) is 5.92 Å². The predicted molar refractivity (Wildman–Crippen MR) is 133 cm³/mol. The highest BCUT2D eigenvalue weighted by Crippen LogP contribution is 2.35. The maximum atomic E-state index is 13.7. The van der Waals surface area contributed by atoms with Crippen LogP contribution in [0.1, 0.15) is 68.2 Å². The van der Waals surface area contributed by atoms with E-state index in [1.54, 1.807) is 0 Å². The highest BCUT2D eigenvalue weighted by molar-refractivity contribution is 5.91. The van der Waals surface area contributed by atoms with Crippen LogP contribution in [0.5, 0.6) is 0 Å². The summed E-state index contributed by atoms with van der Waals surface area (Å²) in [5.41, 5.74) is 3.55. The fourth-order valence-corrected chi connectivity index (χ4v) is 5.53. The second-order valence-corrected chi connectivity index (χ2v) is 10.6. The molecule has 184 valence electrons. The number of benzene rings is 2. The minimum absolute atomic E-state index is 0.0206. The maximum absolute atomic E-state index is 13.7. The number of carbonyl (C=O) groups is 1. The Morgan fingerprint density at radius 1 is 1.17 bits per heavy atom. The van der Waals surface area contributed by atoms with Crippen molar-refractivity contribution in [2.75, 3.05) is 13.1 Å². The van der Waals surface area contributed by atoms with E-state index in [-0.39, 0.29) is 22.9 Å². The monoisotopic (exact) mass is 477 g/mol. The molecule has 1 heterocycles. The lowest BCUT2D eigenvalue weighted by atomic mass is 9.77. The molecule has 1 fully saturated rings. The molecule has 35 heavy (non-hydrogen) atoms. The lowest BCUT2D eigenvalue weighted by Gasteiger charge is -2.41. The first-order chi connectivity index (χ1) is 16.7. The number of halogens is 2. The molecule has 2 aliphatic rings. The first kappa shape index (κ1) is 25.1. The first-order valence-electron chi connectivity index (χ1n) is 12.4. The maximum Gasteiger partial charge on any atom is 0.244 e. The smallest absolute Gasteiger partial charge is 0.244 e. The van der Waals surface area contributed by atoms with Crippen molar-refractivity contribution >= 4 is 12.0 Å². The predicted octanol–water partition coefficient (Wildman–Crippen LogP) is 5.71. The van der Waals surface area contributed by atoms with Crippen molar-refractivity contribution in [2.24, 2.45) is 5.92 Å². The summed E-state index contributed by atoms with van der Waals surface area (Å²) in [5, 5.41) is 12.3. The van der Waals surface area contributed by atoms with Crippen LogP contribution in [0.4, 0.5) is 8.78 Å². The molecule has 1 amide bonds. The Hall–Kier alpha value is -3.04. The Morgan fingerprint density at radius 3 is 2.66 bits per heavy atom. The third-order valence-electron chi connectivity index (χ3n) is 7.40. The molecule has 2 aromatic carbocycles.